The van der Waals surface area contributed by atoms with Crippen LogP contribution in [0.1, 0.15) is 0 Å². The number of hydrogen-bond acceptors (Lipinski definition) is 0. The van der Waals surface area contributed by atoms with Crippen LogP contribution < -0.4 is 0 Å². The van der Waals surface area contributed by atoms with Gasteiger partial charge in [-0.15, -0.1) is 0 Å². The van der Waals surface area contributed by atoms with Gasteiger partial charge in [0, 0.05) is 0 Å². The lowest BCUT2D eigenvalue weighted by molar-refractivity contribution is 1.58. The van der Waals surface area contributed by atoms with E-state index in [1.807, 2.05) is 0 Å². The zero-order valence-corrected chi connectivity index (χ0v) is 38.2. The summed E-state index contributed by atoms with van der Waals surface area (Å²) in [6, 6.07) is 95.5. The van der Waals surface area contributed by atoms with Gasteiger partial charge in [0.25, 0.3) is 0 Å². The maximum atomic E-state index is 2.58. The lowest BCUT2D eigenvalue weighted by Crippen LogP contribution is -1.93. The van der Waals surface area contributed by atoms with Crippen LogP contribution in [0.5, 0.6) is 0 Å². The minimum absolute atomic E-state index is 1.20. The summed E-state index contributed by atoms with van der Waals surface area (Å²) in [7, 11) is 0. The van der Waals surface area contributed by atoms with Crippen LogP contribution >= 0.6 is 0 Å². The predicted octanol–water partition coefficient (Wildman–Crippen LogP) is 19.8. The summed E-state index contributed by atoms with van der Waals surface area (Å²) in [4.78, 5) is 0. The second-order valence-electron chi connectivity index (χ2n) is 19.1. The molecule has 15 rings (SSSR count). The van der Waals surface area contributed by atoms with E-state index in [1.165, 1.54) is 153 Å². The average molecular weight is 883 g/mol. The Labute approximate surface area is 405 Å². The van der Waals surface area contributed by atoms with E-state index in [0.717, 1.165) is 0 Å². The highest BCUT2D eigenvalue weighted by molar-refractivity contribution is 6.42. The first-order valence-electron chi connectivity index (χ1n) is 24.4. The van der Waals surface area contributed by atoms with Crippen molar-refractivity contribution >= 4 is 86.2 Å². The van der Waals surface area contributed by atoms with E-state index in [0.29, 0.717) is 0 Å². The highest BCUT2D eigenvalue weighted by Gasteiger charge is 2.26. The Morgan fingerprint density at radius 2 is 0.486 bits per heavy atom. The van der Waals surface area contributed by atoms with Crippen molar-refractivity contribution in [1.29, 1.82) is 0 Å². The van der Waals surface area contributed by atoms with Crippen molar-refractivity contribution in [2.45, 2.75) is 0 Å². The van der Waals surface area contributed by atoms with Crippen molar-refractivity contribution in [3.8, 4) is 66.8 Å². The first kappa shape index (κ1) is 38.9. The molecule has 0 aliphatic heterocycles. The molecule has 0 aliphatic carbocycles. The molecule has 0 spiro atoms. The second-order valence-corrected chi connectivity index (χ2v) is 19.1. The Kier molecular flexibility index (Phi) is 8.46. The lowest BCUT2D eigenvalue weighted by Gasteiger charge is -2.20. The lowest BCUT2D eigenvalue weighted by atomic mass is 9.83. The van der Waals surface area contributed by atoms with E-state index < -0.39 is 0 Å². The number of benzene rings is 13. The molecule has 0 nitrogen and oxygen atoms in total. The van der Waals surface area contributed by atoms with Gasteiger partial charge in [0.1, 0.15) is 0 Å². The normalized spacial score (nSPS) is 12.0. The van der Waals surface area contributed by atoms with Crippen molar-refractivity contribution in [1.82, 2.24) is 0 Å². The molecule has 0 aliphatic rings. The molecule has 0 amide bonds. The molecule has 322 valence electrons. The third-order valence-electron chi connectivity index (χ3n) is 15.2. The van der Waals surface area contributed by atoms with Crippen molar-refractivity contribution in [3.63, 3.8) is 0 Å². The fourth-order valence-electron chi connectivity index (χ4n) is 12.2. The van der Waals surface area contributed by atoms with E-state index >= 15 is 0 Å². The molecular formula is C70H42. The Bertz CT molecular complexity index is 4410. The van der Waals surface area contributed by atoms with E-state index in [2.05, 4.69) is 255 Å². The third-order valence-corrected chi connectivity index (χ3v) is 15.2. The van der Waals surface area contributed by atoms with Gasteiger partial charge in [0.2, 0.25) is 0 Å². The zero-order valence-electron chi connectivity index (χ0n) is 38.2. The van der Waals surface area contributed by atoms with Crippen molar-refractivity contribution < 1.29 is 0 Å². The standard InChI is InChI=1S/C70H42/c1-5-18-43(19-6-1)49-34-50(44-20-7-2-8-21-44)37-53(36-49)66-63-41-60-57-31-17-30-56-55-29-14-13-26-48(55)40-62(68(56)57)61(60)42-64(63)67(70-59-33-16-28-47-27-15-32-58(65(47)59)69(66)70)54-38-51(45-22-9-3-10-23-45)35-52(39-54)46-24-11-4-12-25-46/h1-42H. The molecule has 0 heteroatoms. The fraction of sp³-hybridized carbons (Fsp3) is 0. The smallest absolute Gasteiger partial charge is 0.000740 e. The third kappa shape index (κ3) is 5.84. The van der Waals surface area contributed by atoms with Gasteiger partial charge >= 0.3 is 0 Å². The minimum atomic E-state index is 1.20. The van der Waals surface area contributed by atoms with Gasteiger partial charge in [-0.3, -0.25) is 0 Å². The predicted molar refractivity (Wildman–Crippen MR) is 301 cm³/mol. The summed E-state index contributed by atoms with van der Waals surface area (Å²) in [6.07, 6.45) is 0. The molecule has 0 unspecified atom stereocenters. The van der Waals surface area contributed by atoms with Crippen molar-refractivity contribution in [2.75, 3.05) is 0 Å². The van der Waals surface area contributed by atoms with E-state index in [-0.39, 0.29) is 0 Å². The van der Waals surface area contributed by atoms with E-state index in [9.17, 15) is 0 Å². The maximum Gasteiger partial charge on any atom is -0.000740 e. The molecule has 0 aromatic heterocycles. The summed E-state index contributed by atoms with van der Waals surface area (Å²) < 4.78 is 0. The fourth-order valence-corrected chi connectivity index (χ4v) is 12.2. The highest BCUT2D eigenvalue weighted by Crippen LogP contribution is 2.54. The highest BCUT2D eigenvalue weighted by atomic mass is 14.3. The van der Waals surface area contributed by atoms with E-state index in [1.54, 1.807) is 0 Å². The minimum Gasteiger partial charge on any atom is -0.0622 e. The van der Waals surface area contributed by atoms with Crippen molar-refractivity contribution in [3.05, 3.63) is 255 Å². The van der Waals surface area contributed by atoms with Crippen LogP contribution in [0.3, 0.4) is 0 Å². The Morgan fingerprint density at radius 3 is 0.957 bits per heavy atom. The van der Waals surface area contributed by atoms with Gasteiger partial charge in [-0.05, 0) is 208 Å². The molecule has 0 radical (unpaired) electrons. The zero-order chi connectivity index (χ0) is 45.9. The van der Waals surface area contributed by atoms with Gasteiger partial charge in [-0.2, -0.15) is 0 Å². The van der Waals surface area contributed by atoms with Crippen LogP contribution in [0.2, 0.25) is 0 Å². The molecule has 0 bridgehead atoms. The van der Waals surface area contributed by atoms with Crippen LogP contribution in [0.15, 0.2) is 255 Å². The van der Waals surface area contributed by atoms with Crippen LogP contribution in [0.4, 0.5) is 0 Å². The summed E-state index contributed by atoms with van der Waals surface area (Å²) in [6.45, 7) is 0. The number of hydrogen-bond donors (Lipinski definition) is 0. The number of fused-ring (bicyclic) bond motifs is 9. The summed E-state index contributed by atoms with van der Waals surface area (Å²) in [5.41, 5.74) is 14.5. The van der Waals surface area contributed by atoms with Crippen LogP contribution in [0, 0.1) is 0 Å². The summed E-state index contributed by atoms with van der Waals surface area (Å²) >= 11 is 0. The van der Waals surface area contributed by atoms with Crippen LogP contribution in [-0.4, -0.2) is 0 Å². The van der Waals surface area contributed by atoms with Crippen LogP contribution in [0.25, 0.3) is 153 Å². The molecule has 0 atom stereocenters. The molecule has 15 aromatic rings. The molecule has 0 fully saturated rings. The second kappa shape index (κ2) is 15.2. The van der Waals surface area contributed by atoms with Crippen molar-refractivity contribution in [2.24, 2.45) is 0 Å². The topological polar surface area (TPSA) is 0 Å². The number of rotatable bonds is 6. The molecule has 0 N–H and O–H groups in total. The quantitative estimate of drug-likeness (QED) is 0.146. The molecular weight excluding hydrogens is 841 g/mol. The molecule has 0 heterocycles. The van der Waals surface area contributed by atoms with Crippen LogP contribution in [-0.2, 0) is 0 Å². The SMILES string of the molecule is c1ccc(-c2cc(-c3ccccc3)cc(-c3c4cc5c(cc4c(-c4cc(-c6ccccc6)cc(-c6ccccc6)c4)c4c6cccc7cccc(c34)c76)c3cc4ccccc4c4cccc5c43)c2)cc1. The monoisotopic (exact) mass is 882 g/mol. The van der Waals surface area contributed by atoms with Gasteiger partial charge < -0.3 is 0 Å². The van der Waals surface area contributed by atoms with Gasteiger partial charge in [-0.1, -0.05) is 200 Å². The summed E-state index contributed by atoms with van der Waals surface area (Å²) in [5, 5.41) is 20.6. The maximum absolute atomic E-state index is 2.58. The van der Waals surface area contributed by atoms with E-state index in [4.69, 9.17) is 0 Å². The first-order chi connectivity index (χ1) is 34.7. The van der Waals surface area contributed by atoms with Gasteiger partial charge in [0.05, 0.1) is 0 Å². The summed E-state index contributed by atoms with van der Waals surface area (Å²) in [5.74, 6) is 0. The molecule has 0 saturated carbocycles. The Balaban J connectivity index is 1.19. The largest absolute Gasteiger partial charge is 0.0622 e. The molecule has 70 heavy (non-hydrogen) atoms. The Hall–Kier alpha value is -9.10. The molecule has 15 aromatic carbocycles. The average Bonchev–Trinajstić information content (AvgIpc) is 3.93. The Morgan fingerprint density at radius 1 is 0.143 bits per heavy atom. The molecule has 0 saturated heterocycles. The van der Waals surface area contributed by atoms with Gasteiger partial charge in [-0.25, -0.2) is 0 Å². The van der Waals surface area contributed by atoms with Gasteiger partial charge in [0.15, 0.2) is 0 Å². The first-order valence-corrected chi connectivity index (χ1v) is 24.4.